The van der Waals surface area contributed by atoms with Gasteiger partial charge in [-0.15, -0.1) is 0 Å². The van der Waals surface area contributed by atoms with Crippen molar-refractivity contribution in [2.45, 2.75) is 40.0 Å². The van der Waals surface area contributed by atoms with Crippen molar-refractivity contribution >= 4 is 11.6 Å². The van der Waals surface area contributed by atoms with Crippen LogP contribution < -0.4 is 5.32 Å². The second-order valence-electron chi connectivity index (χ2n) is 6.25. The van der Waals surface area contributed by atoms with Crippen LogP contribution in [0.15, 0.2) is 30.3 Å². The Morgan fingerprint density at radius 3 is 2.58 bits per heavy atom. The van der Waals surface area contributed by atoms with E-state index in [1.807, 2.05) is 48.9 Å². The zero-order chi connectivity index (χ0) is 17.5. The predicted octanol–water partition coefficient (Wildman–Crippen LogP) is 3.55. The van der Waals surface area contributed by atoms with Gasteiger partial charge in [-0.1, -0.05) is 31.5 Å². The van der Waals surface area contributed by atoms with Gasteiger partial charge in [0.05, 0.1) is 22.8 Å². The van der Waals surface area contributed by atoms with Crippen molar-refractivity contribution in [1.29, 1.82) is 0 Å². The van der Waals surface area contributed by atoms with E-state index in [0.29, 0.717) is 6.42 Å². The number of rotatable bonds is 8. The number of hydrogen-bond donors (Lipinski definition) is 1. The molecule has 1 aromatic heterocycles. The molecule has 2 rings (SSSR count). The highest BCUT2D eigenvalue weighted by Gasteiger charge is 2.15. The third-order valence-corrected chi connectivity index (χ3v) is 4.17. The Labute approximate surface area is 144 Å². The summed E-state index contributed by atoms with van der Waals surface area (Å²) in [6.07, 6.45) is 2.84. The van der Waals surface area contributed by atoms with Gasteiger partial charge in [0.15, 0.2) is 0 Å². The Hall–Kier alpha value is -2.14. The number of unbranched alkanes of at least 4 members (excludes halogenated alkanes) is 1. The molecule has 5 nitrogen and oxygen atoms in total. The molecular weight excluding hydrogens is 300 g/mol. The van der Waals surface area contributed by atoms with Crippen LogP contribution in [-0.2, 0) is 4.79 Å². The summed E-state index contributed by atoms with van der Waals surface area (Å²) in [7, 11) is 2.06. The zero-order valence-electron chi connectivity index (χ0n) is 15.2. The first-order valence-corrected chi connectivity index (χ1v) is 8.63. The van der Waals surface area contributed by atoms with Gasteiger partial charge in [0.2, 0.25) is 5.91 Å². The summed E-state index contributed by atoms with van der Waals surface area (Å²) in [5, 5.41) is 7.59. The van der Waals surface area contributed by atoms with Crippen LogP contribution >= 0.6 is 0 Å². The second-order valence-corrected chi connectivity index (χ2v) is 6.25. The fourth-order valence-corrected chi connectivity index (χ4v) is 2.68. The maximum absolute atomic E-state index is 12.3. The van der Waals surface area contributed by atoms with E-state index >= 15 is 0 Å². The van der Waals surface area contributed by atoms with Gasteiger partial charge in [0, 0.05) is 13.0 Å². The van der Waals surface area contributed by atoms with Crippen LogP contribution in [0.4, 0.5) is 5.69 Å². The molecule has 0 radical (unpaired) electrons. The first kappa shape index (κ1) is 18.2. The SMILES string of the molecule is CCCCN(C)CCC(=O)Nc1c(C)nn(-c2ccccc2)c1C. The molecule has 0 unspecified atom stereocenters. The van der Waals surface area contributed by atoms with E-state index in [0.717, 1.165) is 35.9 Å². The summed E-state index contributed by atoms with van der Waals surface area (Å²) >= 11 is 0. The molecule has 2 aromatic rings. The van der Waals surface area contributed by atoms with E-state index in [4.69, 9.17) is 0 Å². The minimum Gasteiger partial charge on any atom is -0.323 e. The lowest BCUT2D eigenvalue weighted by Crippen LogP contribution is -2.25. The lowest BCUT2D eigenvalue weighted by atomic mass is 10.2. The number of aromatic nitrogens is 2. The third kappa shape index (κ3) is 4.68. The third-order valence-electron chi connectivity index (χ3n) is 4.17. The molecule has 5 heteroatoms. The molecule has 0 aliphatic rings. The minimum absolute atomic E-state index is 0.0390. The van der Waals surface area contributed by atoms with Crippen LogP contribution in [0.1, 0.15) is 37.6 Å². The van der Waals surface area contributed by atoms with Gasteiger partial charge in [-0.3, -0.25) is 4.79 Å². The number of aryl methyl sites for hydroxylation is 1. The fourth-order valence-electron chi connectivity index (χ4n) is 2.68. The summed E-state index contributed by atoms with van der Waals surface area (Å²) in [4.78, 5) is 14.5. The van der Waals surface area contributed by atoms with Crippen molar-refractivity contribution < 1.29 is 4.79 Å². The molecule has 0 atom stereocenters. The largest absolute Gasteiger partial charge is 0.323 e. The van der Waals surface area contributed by atoms with Gasteiger partial charge in [0.1, 0.15) is 0 Å². The quantitative estimate of drug-likeness (QED) is 0.806. The van der Waals surface area contributed by atoms with Crippen molar-refractivity contribution in [1.82, 2.24) is 14.7 Å². The lowest BCUT2D eigenvalue weighted by Gasteiger charge is -2.15. The Kier molecular flexibility index (Phi) is 6.55. The highest BCUT2D eigenvalue weighted by molar-refractivity contribution is 5.92. The van der Waals surface area contributed by atoms with E-state index in [9.17, 15) is 4.79 Å². The molecule has 0 saturated heterocycles. The van der Waals surface area contributed by atoms with Gasteiger partial charge in [0.25, 0.3) is 0 Å². The van der Waals surface area contributed by atoms with Crippen molar-refractivity contribution in [3.8, 4) is 5.69 Å². The van der Waals surface area contributed by atoms with E-state index in [1.54, 1.807) is 0 Å². The molecule has 1 heterocycles. The molecule has 130 valence electrons. The molecule has 0 spiro atoms. The van der Waals surface area contributed by atoms with Crippen LogP contribution in [-0.4, -0.2) is 40.7 Å². The standard InChI is InChI=1S/C19H28N4O/c1-5-6-13-22(4)14-12-18(24)20-19-15(2)21-23(16(19)3)17-10-8-7-9-11-17/h7-11H,5-6,12-14H2,1-4H3,(H,20,24). The van der Waals surface area contributed by atoms with Gasteiger partial charge in [-0.2, -0.15) is 5.10 Å². The van der Waals surface area contributed by atoms with Crippen molar-refractivity contribution in [2.24, 2.45) is 0 Å². The number of nitrogens with one attached hydrogen (secondary N) is 1. The highest BCUT2D eigenvalue weighted by atomic mass is 16.1. The first-order chi connectivity index (χ1) is 11.5. The van der Waals surface area contributed by atoms with E-state index in [2.05, 4.69) is 29.3 Å². The van der Waals surface area contributed by atoms with E-state index < -0.39 is 0 Å². The normalized spacial score (nSPS) is 11.0. The van der Waals surface area contributed by atoms with Crippen LogP contribution in [0.25, 0.3) is 5.69 Å². The number of anilines is 1. The molecule has 1 N–H and O–H groups in total. The number of nitrogens with zero attached hydrogens (tertiary/aromatic N) is 3. The maximum Gasteiger partial charge on any atom is 0.225 e. The van der Waals surface area contributed by atoms with E-state index in [-0.39, 0.29) is 5.91 Å². The number of hydrogen-bond acceptors (Lipinski definition) is 3. The number of carbonyl (C=O) groups excluding carboxylic acids is 1. The van der Waals surface area contributed by atoms with Crippen molar-refractivity contribution in [2.75, 3.05) is 25.5 Å². The summed E-state index contributed by atoms with van der Waals surface area (Å²) in [6.45, 7) is 7.90. The Balaban J connectivity index is 2.00. The number of carbonyl (C=O) groups is 1. The summed E-state index contributed by atoms with van der Waals surface area (Å²) in [5.74, 6) is 0.0390. The summed E-state index contributed by atoms with van der Waals surface area (Å²) in [6, 6.07) is 9.96. The molecule has 24 heavy (non-hydrogen) atoms. The molecule has 0 aliphatic heterocycles. The average Bonchev–Trinajstić information content (AvgIpc) is 2.87. The molecule has 1 amide bonds. The predicted molar refractivity (Wildman–Crippen MR) is 98.7 cm³/mol. The Morgan fingerprint density at radius 2 is 1.92 bits per heavy atom. The fraction of sp³-hybridized carbons (Fsp3) is 0.474. The summed E-state index contributed by atoms with van der Waals surface area (Å²) in [5.41, 5.74) is 3.60. The number of benzene rings is 1. The van der Waals surface area contributed by atoms with Gasteiger partial charge >= 0.3 is 0 Å². The molecule has 0 fully saturated rings. The molecule has 0 bridgehead atoms. The van der Waals surface area contributed by atoms with E-state index in [1.165, 1.54) is 12.8 Å². The molecule has 0 saturated carbocycles. The zero-order valence-corrected chi connectivity index (χ0v) is 15.2. The van der Waals surface area contributed by atoms with Crippen LogP contribution in [0.3, 0.4) is 0 Å². The van der Waals surface area contributed by atoms with Crippen LogP contribution in [0.5, 0.6) is 0 Å². The second kappa shape index (κ2) is 8.64. The lowest BCUT2D eigenvalue weighted by molar-refractivity contribution is -0.116. The molecule has 1 aromatic carbocycles. The van der Waals surface area contributed by atoms with Crippen LogP contribution in [0.2, 0.25) is 0 Å². The number of para-hydroxylation sites is 1. The smallest absolute Gasteiger partial charge is 0.225 e. The van der Waals surface area contributed by atoms with Crippen molar-refractivity contribution in [3.63, 3.8) is 0 Å². The topological polar surface area (TPSA) is 50.2 Å². The minimum atomic E-state index is 0.0390. The molecular formula is C19H28N4O. The first-order valence-electron chi connectivity index (χ1n) is 8.63. The molecule has 0 aliphatic carbocycles. The van der Waals surface area contributed by atoms with Gasteiger partial charge in [-0.25, -0.2) is 4.68 Å². The maximum atomic E-state index is 12.3. The summed E-state index contributed by atoms with van der Waals surface area (Å²) < 4.78 is 1.87. The monoisotopic (exact) mass is 328 g/mol. The van der Waals surface area contributed by atoms with Gasteiger partial charge in [-0.05, 0) is 46.0 Å². The van der Waals surface area contributed by atoms with Crippen molar-refractivity contribution in [3.05, 3.63) is 41.7 Å². The number of amides is 1. The average molecular weight is 328 g/mol. The Bertz CT molecular complexity index is 664. The Morgan fingerprint density at radius 1 is 1.21 bits per heavy atom. The highest BCUT2D eigenvalue weighted by Crippen LogP contribution is 2.22. The van der Waals surface area contributed by atoms with Crippen LogP contribution in [0, 0.1) is 13.8 Å². The van der Waals surface area contributed by atoms with Gasteiger partial charge < -0.3 is 10.2 Å².